The van der Waals surface area contributed by atoms with Crippen LogP contribution in [0.3, 0.4) is 0 Å². The predicted molar refractivity (Wildman–Crippen MR) is 79.3 cm³/mol. The molecule has 21 heavy (non-hydrogen) atoms. The smallest absolute Gasteiger partial charge is 0.496 e. The summed E-state index contributed by atoms with van der Waals surface area (Å²) in [5.41, 5.74) is 6.80. The second-order valence-corrected chi connectivity index (χ2v) is 4.74. The molecule has 0 amide bonds. The van der Waals surface area contributed by atoms with E-state index < -0.39 is 6.16 Å². The second-order valence-electron chi connectivity index (χ2n) is 3.93. The van der Waals surface area contributed by atoms with E-state index in [1.165, 1.54) is 13.2 Å². The number of nitrogens with two attached hydrogens (primary N) is 1. The Hall–Kier alpha value is -2.18. The SMILES string of the molecule is COc1cc(Cl)ccc1-c1cc(N)c(Cl)c(OC(=O)O)n1. The quantitative estimate of drug-likeness (QED) is 0.834. The zero-order chi connectivity index (χ0) is 15.6. The Bertz CT molecular complexity index is 707. The van der Waals surface area contributed by atoms with Crippen molar-refractivity contribution < 1.29 is 19.4 Å². The van der Waals surface area contributed by atoms with Gasteiger partial charge in [0, 0.05) is 10.6 Å². The number of anilines is 1. The first-order valence-corrected chi connectivity index (χ1v) is 6.38. The highest BCUT2D eigenvalue weighted by Crippen LogP contribution is 2.37. The number of hydrogen-bond acceptors (Lipinski definition) is 5. The van der Waals surface area contributed by atoms with Crippen molar-refractivity contribution in [2.75, 3.05) is 12.8 Å². The monoisotopic (exact) mass is 328 g/mol. The number of hydrogen-bond donors (Lipinski definition) is 2. The minimum atomic E-state index is -1.54. The molecule has 1 aromatic heterocycles. The van der Waals surface area contributed by atoms with E-state index in [1.54, 1.807) is 18.2 Å². The lowest BCUT2D eigenvalue weighted by molar-refractivity contribution is 0.142. The van der Waals surface area contributed by atoms with Gasteiger partial charge in [0.25, 0.3) is 0 Å². The number of pyridine rings is 1. The number of aromatic nitrogens is 1. The van der Waals surface area contributed by atoms with Gasteiger partial charge in [-0.15, -0.1) is 0 Å². The molecule has 0 saturated carbocycles. The van der Waals surface area contributed by atoms with E-state index in [0.717, 1.165) is 0 Å². The van der Waals surface area contributed by atoms with Gasteiger partial charge in [0.1, 0.15) is 10.8 Å². The summed E-state index contributed by atoms with van der Waals surface area (Å²) in [6, 6.07) is 6.40. The lowest BCUT2D eigenvalue weighted by Crippen LogP contribution is -2.07. The molecule has 1 aromatic carbocycles. The van der Waals surface area contributed by atoms with E-state index in [0.29, 0.717) is 22.0 Å². The van der Waals surface area contributed by atoms with Crippen LogP contribution in [0.15, 0.2) is 24.3 Å². The third kappa shape index (κ3) is 3.29. The number of methoxy groups -OCH3 is 1. The molecule has 0 radical (unpaired) electrons. The van der Waals surface area contributed by atoms with Crippen LogP contribution in [0, 0.1) is 0 Å². The summed E-state index contributed by atoms with van der Waals surface area (Å²) in [7, 11) is 1.48. The fraction of sp³-hybridized carbons (Fsp3) is 0.0769. The number of benzene rings is 1. The Balaban J connectivity index is 2.59. The molecule has 1 heterocycles. The molecule has 3 N–H and O–H groups in total. The number of rotatable bonds is 3. The van der Waals surface area contributed by atoms with Gasteiger partial charge in [-0.3, -0.25) is 0 Å². The van der Waals surface area contributed by atoms with E-state index in [2.05, 4.69) is 9.72 Å². The fourth-order valence-corrected chi connectivity index (χ4v) is 1.99. The van der Waals surface area contributed by atoms with E-state index in [9.17, 15) is 4.79 Å². The normalized spacial score (nSPS) is 10.2. The zero-order valence-electron chi connectivity index (χ0n) is 10.8. The first-order chi connectivity index (χ1) is 9.92. The molecular formula is C13H10Cl2N2O4. The maximum Gasteiger partial charge on any atom is 0.512 e. The maximum atomic E-state index is 10.6. The van der Waals surface area contributed by atoms with Crippen molar-refractivity contribution >= 4 is 35.0 Å². The highest BCUT2D eigenvalue weighted by atomic mass is 35.5. The molecule has 110 valence electrons. The molecule has 0 aliphatic heterocycles. The van der Waals surface area contributed by atoms with Gasteiger partial charge in [-0.25, -0.2) is 9.78 Å². The van der Waals surface area contributed by atoms with Crippen LogP contribution in [-0.4, -0.2) is 23.4 Å². The van der Waals surface area contributed by atoms with Crippen molar-refractivity contribution in [3.8, 4) is 22.9 Å². The van der Waals surface area contributed by atoms with Crippen LogP contribution in [-0.2, 0) is 0 Å². The lowest BCUT2D eigenvalue weighted by atomic mass is 10.1. The van der Waals surface area contributed by atoms with Gasteiger partial charge in [0.05, 0.1) is 18.5 Å². The molecule has 0 saturated heterocycles. The highest BCUT2D eigenvalue weighted by molar-refractivity contribution is 6.34. The van der Waals surface area contributed by atoms with Gasteiger partial charge < -0.3 is 20.3 Å². The number of nitrogens with zero attached hydrogens (tertiary/aromatic N) is 1. The molecule has 2 rings (SSSR count). The average molecular weight is 329 g/mol. The van der Waals surface area contributed by atoms with E-state index in [4.69, 9.17) is 38.8 Å². The summed E-state index contributed by atoms with van der Waals surface area (Å²) in [6.45, 7) is 0. The third-order valence-corrected chi connectivity index (χ3v) is 3.19. The van der Waals surface area contributed by atoms with E-state index >= 15 is 0 Å². The molecule has 0 aliphatic rings. The van der Waals surface area contributed by atoms with Crippen molar-refractivity contribution in [1.29, 1.82) is 0 Å². The molecule has 2 aromatic rings. The summed E-state index contributed by atoms with van der Waals surface area (Å²) < 4.78 is 9.73. The Morgan fingerprint density at radius 2 is 2.05 bits per heavy atom. The van der Waals surface area contributed by atoms with Crippen LogP contribution in [0.1, 0.15) is 0 Å². The number of halogens is 2. The summed E-state index contributed by atoms with van der Waals surface area (Å²) in [6.07, 6.45) is -1.54. The number of ether oxygens (including phenoxy) is 2. The van der Waals surface area contributed by atoms with Crippen molar-refractivity contribution in [1.82, 2.24) is 4.98 Å². The van der Waals surface area contributed by atoms with Crippen molar-refractivity contribution in [3.05, 3.63) is 34.3 Å². The van der Waals surface area contributed by atoms with Gasteiger partial charge in [0.15, 0.2) is 0 Å². The largest absolute Gasteiger partial charge is 0.512 e. The Labute approximate surface area is 130 Å². The third-order valence-electron chi connectivity index (χ3n) is 2.58. The van der Waals surface area contributed by atoms with Crippen LogP contribution in [0.5, 0.6) is 11.6 Å². The molecular weight excluding hydrogens is 319 g/mol. The number of carbonyl (C=O) groups is 1. The molecule has 6 nitrogen and oxygen atoms in total. The van der Waals surface area contributed by atoms with Gasteiger partial charge in [-0.2, -0.15) is 0 Å². The van der Waals surface area contributed by atoms with E-state index in [1.807, 2.05) is 0 Å². The van der Waals surface area contributed by atoms with Gasteiger partial charge >= 0.3 is 6.16 Å². The Morgan fingerprint density at radius 3 is 2.67 bits per heavy atom. The predicted octanol–water partition coefficient (Wildman–Crippen LogP) is 3.70. The van der Waals surface area contributed by atoms with E-state index in [-0.39, 0.29) is 16.6 Å². The minimum Gasteiger partial charge on any atom is -0.496 e. The van der Waals surface area contributed by atoms with Crippen LogP contribution in [0.4, 0.5) is 10.5 Å². The van der Waals surface area contributed by atoms with Crippen LogP contribution in [0.25, 0.3) is 11.3 Å². The lowest BCUT2D eigenvalue weighted by Gasteiger charge is -2.11. The fourth-order valence-electron chi connectivity index (χ4n) is 1.69. The first-order valence-electron chi connectivity index (χ1n) is 5.63. The number of carboxylic acid groups (broad SMARTS) is 1. The Kier molecular flexibility index (Phi) is 4.40. The summed E-state index contributed by atoms with van der Waals surface area (Å²) in [5.74, 6) is 0.161. The highest BCUT2D eigenvalue weighted by Gasteiger charge is 2.16. The van der Waals surface area contributed by atoms with Gasteiger partial charge in [-0.1, -0.05) is 23.2 Å². The van der Waals surface area contributed by atoms with Crippen LogP contribution in [0.2, 0.25) is 10.0 Å². The molecule has 0 aliphatic carbocycles. The standard InChI is InChI=1S/C13H10Cl2N2O4/c1-20-10-4-6(14)2-3-7(10)9-5-8(16)11(15)12(17-9)21-13(18)19/h2-5H,1H3,(H2,16,17)(H,18,19). The number of nitrogen functional groups attached to an aromatic ring is 1. The van der Waals surface area contributed by atoms with Crippen molar-refractivity contribution in [2.24, 2.45) is 0 Å². The first kappa shape index (κ1) is 15.2. The molecule has 0 bridgehead atoms. The van der Waals surface area contributed by atoms with Crippen LogP contribution < -0.4 is 15.2 Å². The molecule has 0 spiro atoms. The zero-order valence-corrected chi connectivity index (χ0v) is 12.3. The summed E-state index contributed by atoms with van der Waals surface area (Å²) in [4.78, 5) is 14.7. The maximum absolute atomic E-state index is 10.6. The Morgan fingerprint density at radius 1 is 1.33 bits per heavy atom. The van der Waals surface area contributed by atoms with Gasteiger partial charge in [-0.05, 0) is 24.3 Å². The summed E-state index contributed by atoms with van der Waals surface area (Å²) >= 11 is 11.8. The minimum absolute atomic E-state index is 0.0749. The van der Waals surface area contributed by atoms with Crippen molar-refractivity contribution in [3.63, 3.8) is 0 Å². The average Bonchev–Trinajstić information content (AvgIpc) is 2.43. The van der Waals surface area contributed by atoms with Gasteiger partial charge in [0.2, 0.25) is 5.88 Å². The second kappa shape index (κ2) is 6.07. The molecule has 0 atom stereocenters. The molecule has 8 heteroatoms. The molecule has 0 unspecified atom stereocenters. The molecule has 0 fully saturated rings. The van der Waals surface area contributed by atoms with Crippen molar-refractivity contribution in [2.45, 2.75) is 0 Å². The summed E-state index contributed by atoms with van der Waals surface area (Å²) in [5, 5.41) is 9.09. The van der Waals surface area contributed by atoms with Crippen LogP contribution >= 0.6 is 23.2 Å². The topological polar surface area (TPSA) is 94.7 Å².